The van der Waals surface area contributed by atoms with Crippen molar-refractivity contribution in [3.63, 3.8) is 0 Å². The summed E-state index contributed by atoms with van der Waals surface area (Å²) in [7, 11) is 0. The van der Waals surface area contributed by atoms with Gasteiger partial charge >= 0.3 is 0 Å². The van der Waals surface area contributed by atoms with Gasteiger partial charge in [0, 0.05) is 35.4 Å². The largest absolute Gasteiger partial charge is 0.399 e. The van der Waals surface area contributed by atoms with Crippen LogP contribution >= 0.6 is 0 Å². The first-order valence-corrected chi connectivity index (χ1v) is 7.91. The molecule has 110 valence electrons. The SMILES string of the molecule is Nc1ccc2[nH]cc(C(=O)N3CCC4CCCCC43)c2c1. The van der Waals surface area contributed by atoms with Crippen LogP contribution < -0.4 is 5.73 Å². The van der Waals surface area contributed by atoms with Gasteiger partial charge in [-0.3, -0.25) is 4.79 Å². The first-order valence-electron chi connectivity index (χ1n) is 7.91. The first kappa shape index (κ1) is 12.7. The van der Waals surface area contributed by atoms with Crippen LogP contribution in [0.25, 0.3) is 10.9 Å². The van der Waals surface area contributed by atoms with Gasteiger partial charge in [0.2, 0.25) is 0 Å². The Morgan fingerprint density at radius 3 is 3.00 bits per heavy atom. The van der Waals surface area contributed by atoms with Gasteiger partial charge in [-0.1, -0.05) is 12.8 Å². The number of hydrogen-bond acceptors (Lipinski definition) is 2. The molecule has 4 rings (SSSR count). The van der Waals surface area contributed by atoms with Crippen LogP contribution in [0.15, 0.2) is 24.4 Å². The van der Waals surface area contributed by atoms with Crippen molar-refractivity contribution in [2.75, 3.05) is 12.3 Å². The number of hydrogen-bond donors (Lipinski definition) is 2. The molecule has 2 unspecified atom stereocenters. The van der Waals surface area contributed by atoms with Gasteiger partial charge in [-0.05, 0) is 43.4 Å². The molecular formula is C17H21N3O. The van der Waals surface area contributed by atoms with Crippen molar-refractivity contribution in [2.45, 2.75) is 38.1 Å². The molecule has 2 aliphatic rings. The van der Waals surface area contributed by atoms with E-state index in [4.69, 9.17) is 5.73 Å². The molecule has 21 heavy (non-hydrogen) atoms. The molecule has 2 fully saturated rings. The van der Waals surface area contributed by atoms with E-state index in [1.807, 2.05) is 24.4 Å². The highest BCUT2D eigenvalue weighted by Gasteiger charge is 2.38. The lowest BCUT2D eigenvalue weighted by Gasteiger charge is -2.31. The van der Waals surface area contributed by atoms with Crippen molar-refractivity contribution >= 4 is 22.5 Å². The number of fused-ring (bicyclic) bond motifs is 2. The number of amides is 1. The van der Waals surface area contributed by atoms with Crippen molar-refractivity contribution < 1.29 is 4.79 Å². The number of H-pyrrole nitrogens is 1. The number of anilines is 1. The molecule has 4 heteroatoms. The third-order valence-electron chi connectivity index (χ3n) is 5.21. The Morgan fingerprint density at radius 1 is 1.24 bits per heavy atom. The molecule has 2 atom stereocenters. The third-order valence-corrected chi connectivity index (χ3v) is 5.21. The van der Waals surface area contributed by atoms with Crippen molar-refractivity contribution in [3.8, 4) is 0 Å². The highest BCUT2D eigenvalue weighted by molar-refractivity contribution is 6.07. The fourth-order valence-electron chi connectivity index (χ4n) is 4.13. The van der Waals surface area contributed by atoms with Crippen LogP contribution in [0, 0.1) is 5.92 Å². The van der Waals surface area contributed by atoms with Gasteiger partial charge in [0.15, 0.2) is 0 Å². The van der Waals surface area contributed by atoms with Gasteiger partial charge in [0.1, 0.15) is 0 Å². The van der Waals surface area contributed by atoms with E-state index in [0.717, 1.165) is 28.9 Å². The van der Waals surface area contributed by atoms with Gasteiger partial charge in [-0.15, -0.1) is 0 Å². The summed E-state index contributed by atoms with van der Waals surface area (Å²) >= 11 is 0. The average Bonchev–Trinajstić information content (AvgIpc) is 3.10. The third kappa shape index (κ3) is 2.01. The molecule has 1 aliphatic heterocycles. The van der Waals surface area contributed by atoms with E-state index in [2.05, 4.69) is 9.88 Å². The van der Waals surface area contributed by atoms with Gasteiger partial charge in [-0.2, -0.15) is 0 Å². The van der Waals surface area contributed by atoms with E-state index >= 15 is 0 Å². The van der Waals surface area contributed by atoms with Gasteiger partial charge in [0.05, 0.1) is 5.56 Å². The van der Waals surface area contributed by atoms with E-state index in [1.165, 1.54) is 32.1 Å². The fraction of sp³-hybridized carbons (Fsp3) is 0.471. The molecule has 0 bridgehead atoms. The zero-order valence-electron chi connectivity index (χ0n) is 12.1. The summed E-state index contributed by atoms with van der Waals surface area (Å²) in [5.74, 6) is 0.888. The predicted octanol–water partition coefficient (Wildman–Crippen LogP) is 3.15. The summed E-state index contributed by atoms with van der Waals surface area (Å²) in [5.41, 5.74) is 8.32. The number of likely N-dealkylation sites (tertiary alicyclic amines) is 1. The number of nitrogens with zero attached hydrogens (tertiary/aromatic N) is 1. The van der Waals surface area contributed by atoms with Crippen molar-refractivity contribution in [1.29, 1.82) is 0 Å². The highest BCUT2D eigenvalue weighted by Crippen LogP contribution is 2.37. The fourth-order valence-corrected chi connectivity index (χ4v) is 4.13. The summed E-state index contributed by atoms with van der Waals surface area (Å²) < 4.78 is 0. The smallest absolute Gasteiger partial charge is 0.256 e. The number of benzene rings is 1. The maximum Gasteiger partial charge on any atom is 0.256 e. The first-order chi connectivity index (χ1) is 10.2. The molecule has 1 amide bonds. The van der Waals surface area contributed by atoms with Crippen LogP contribution in [-0.2, 0) is 0 Å². The zero-order chi connectivity index (χ0) is 14.4. The minimum absolute atomic E-state index is 0.168. The van der Waals surface area contributed by atoms with E-state index < -0.39 is 0 Å². The number of aromatic nitrogens is 1. The quantitative estimate of drug-likeness (QED) is 0.790. The second-order valence-corrected chi connectivity index (χ2v) is 6.41. The molecule has 1 saturated heterocycles. The maximum absolute atomic E-state index is 13.0. The molecule has 1 aromatic carbocycles. The molecule has 4 nitrogen and oxygen atoms in total. The average molecular weight is 283 g/mol. The number of nitrogen functional groups attached to an aromatic ring is 1. The van der Waals surface area contributed by atoms with E-state index in [9.17, 15) is 4.79 Å². The van der Waals surface area contributed by atoms with Crippen molar-refractivity contribution in [3.05, 3.63) is 30.0 Å². The van der Waals surface area contributed by atoms with Crippen LogP contribution in [-0.4, -0.2) is 28.4 Å². The summed E-state index contributed by atoms with van der Waals surface area (Å²) in [6.07, 6.45) is 8.04. The van der Waals surface area contributed by atoms with E-state index in [-0.39, 0.29) is 5.91 Å². The maximum atomic E-state index is 13.0. The number of nitrogens with two attached hydrogens (primary N) is 1. The molecule has 3 N–H and O–H groups in total. The zero-order valence-corrected chi connectivity index (χ0v) is 12.1. The van der Waals surface area contributed by atoms with Gasteiger partial charge < -0.3 is 15.6 Å². The summed E-state index contributed by atoms with van der Waals surface area (Å²) in [6, 6.07) is 6.15. The summed E-state index contributed by atoms with van der Waals surface area (Å²) in [4.78, 5) is 18.2. The normalized spacial score (nSPS) is 25.2. The lowest BCUT2D eigenvalue weighted by molar-refractivity contribution is 0.0692. The Hall–Kier alpha value is -1.97. The summed E-state index contributed by atoms with van der Waals surface area (Å²) in [5, 5.41) is 0.944. The Morgan fingerprint density at radius 2 is 2.10 bits per heavy atom. The van der Waals surface area contributed by atoms with Crippen molar-refractivity contribution in [2.24, 2.45) is 5.92 Å². The topological polar surface area (TPSA) is 62.1 Å². The standard InChI is InChI=1S/C17H21N3O/c18-12-5-6-15-13(9-12)14(10-19-15)17(21)20-8-7-11-3-1-2-4-16(11)20/h5-6,9-11,16,19H,1-4,7-8,18H2. The van der Waals surface area contributed by atoms with Crippen LogP contribution in [0.2, 0.25) is 0 Å². The van der Waals surface area contributed by atoms with E-state index in [0.29, 0.717) is 11.7 Å². The molecule has 1 saturated carbocycles. The van der Waals surface area contributed by atoms with Gasteiger partial charge in [0.25, 0.3) is 5.91 Å². The Balaban J connectivity index is 1.68. The number of nitrogens with one attached hydrogen (secondary N) is 1. The van der Waals surface area contributed by atoms with E-state index in [1.54, 1.807) is 0 Å². The van der Waals surface area contributed by atoms with Crippen molar-refractivity contribution in [1.82, 2.24) is 9.88 Å². The molecule has 2 aromatic rings. The molecular weight excluding hydrogens is 262 g/mol. The lowest BCUT2D eigenvalue weighted by atomic mass is 9.85. The number of aromatic amines is 1. The van der Waals surface area contributed by atoms with Crippen LogP contribution in [0.1, 0.15) is 42.5 Å². The lowest BCUT2D eigenvalue weighted by Crippen LogP contribution is -2.39. The monoisotopic (exact) mass is 283 g/mol. The number of carbonyl (C=O) groups is 1. The molecule has 1 aromatic heterocycles. The minimum atomic E-state index is 0.168. The second-order valence-electron chi connectivity index (χ2n) is 6.41. The number of carbonyl (C=O) groups excluding carboxylic acids is 1. The minimum Gasteiger partial charge on any atom is -0.399 e. The van der Waals surface area contributed by atoms with Crippen LogP contribution in [0.5, 0.6) is 0 Å². The Labute approximate surface area is 124 Å². The second kappa shape index (κ2) is 4.79. The number of rotatable bonds is 1. The van der Waals surface area contributed by atoms with Crippen LogP contribution in [0.4, 0.5) is 5.69 Å². The molecule has 0 radical (unpaired) electrons. The predicted molar refractivity (Wildman–Crippen MR) is 84.1 cm³/mol. The Kier molecular flexibility index (Phi) is 2.91. The Bertz CT molecular complexity index is 690. The molecule has 1 aliphatic carbocycles. The highest BCUT2D eigenvalue weighted by atomic mass is 16.2. The van der Waals surface area contributed by atoms with Crippen LogP contribution in [0.3, 0.4) is 0 Å². The molecule has 0 spiro atoms. The molecule has 2 heterocycles. The van der Waals surface area contributed by atoms with Gasteiger partial charge in [-0.25, -0.2) is 0 Å². The summed E-state index contributed by atoms with van der Waals surface area (Å²) in [6.45, 7) is 0.906.